The summed E-state index contributed by atoms with van der Waals surface area (Å²) in [7, 11) is -1.30. The van der Waals surface area contributed by atoms with Gasteiger partial charge in [-0.2, -0.15) is 0 Å². The molecule has 0 aromatic heterocycles. The van der Waals surface area contributed by atoms with Crippen LogP contribution < -0.4 is 5.32 Å². The standard InChI is InChI=1S/C17H32N4O3S/c1-13(2)21-14(22)9-20(11-16(21,3)4)15(18-5)19-10-17(7-8-17)12-25(6,23)24/h13H,7-12H2,1-6H3,(H,18,19). The Bertz CT molecular complexity index is 651. The van der Waals surface area contributed by atoms with Gasteiger partial charge in [-0.05, 0) is 40.5 Å². The van der Waals surface area contributed by atoms with E-state index < -0.39 is 9.84 Å². The molecule has 7 nitrogen and oxygen atoms in total. The number of piperazine rings is 1. The van der Waals surface area contributed by atoms with Crippen molar-refractivity contribution in [2.24, 2.45) is 10.4 Å². The summed E-state index contributed by atoms with van der Waals surface area (Å²) in [5.41, 5.74) is -0.464. The third kappa shape index (κ3) is 4.86. The highest BCUT2D eigenvalue weighted by Gasteiger charge is 2.46. The normalized spacial score (nSPS) is 23.2. The molecule has 1 saturated heterocycles. The maximum atomic E-state index is 12.6. The number of guanidine groups is 1. The molecule has 0 radical (unpaired) electrons. The van der Waals surface area contributed by atoms with Crippen LogP contribution in [0.4, 0.5) is 0 Å². The van der Waals surface area contributed by atoms with Crippen LogP contribution in [0, 0.1) is 5.41 Å². The van der Waals surface area contributed by atoms with Gasteiger partial charge in [0, 0.05) is 37.8 Å². The predicted molar refractivity (Wildman–Crippen MR) is 100 cm³/mol. The lowest BCUT2D eigenvalue weighted by atomic mass is 9.96. The van der Waals surface area contributed by atoms with Gasteiger partial charge in [0.2, 0.25) is 5.91 Å². The van der Waals surface area contributed by atoms with E-state index in [0.29, 0.717) is 25.6 Å². The number of amides is 1. The third-order valence-corrected chi connectivity index (χ3v) is 6.14. The van der Waals surface area contributed by atoms with Crippen molar-refractivity contribution in [3.63, 3.8) is 0 Å². The Labute approximate surface area is 151 Å². The molecule has 0 atom stereocenters. The van der Waals surface area contributed by atoms with Gasteiger partial charge in [-0.3, -0.25) is 9.79 Å². The van der Waals surface area contributed by atoms with Crippen molar-refractivity contribution in [3.05, 3.63) is 0 Å². The highest BCUT2D eigenvalue weighted by atomic mass is 32.2. The summed E-state index contributed by atoms with van der Waals surface area (Å²) in [6.45, 7) is 9.75. The molecule has 8 heteroatoms. The molecule has 2 fully saturated rings. The Balaban J connectivity index is 2.04. The molecule has 1 heterocycles. The van der Waals surface area contributed by atoms with E-state index in [4.69, 9.17) is 0 Å². The van der Waals surface area contributed by atoms with Crippen LogP contribution in [0.1, 0.15) is 40.5 Å². The summed E-state index contributed by atoms with van der Waals surface area (Å²) in [5.74, 6) is 0.964. The minimum atomic E-state index is -3.00. The molecule has 1 amide bonds. The zero-order chi connectivity index (χ0) is 19.0. The van der Waals surface area contributed by atoms with Gasteiger partial charge in [0.15, 0.2) is 5.96 Å². The Morgan fingerprint density at radius 3 is 2.32 bits per heavy atom. The first-order valence-corrected chi connectivity index (χ1v) is 10.9. The highest BCUT2D eigenvalue weighted by molar-refractivity contribution is 7.90. The van der Waals surface area contributed by atoms with Crippen LogP contribution in [-0.4, -0.2) is 80.4 Å². The maximum Gasteiger partial charge on any atom is 0.242 e. The molecule has 0 aromatic rings. The van der Waals surface area contributed by atoms with Crippen LogP contribution in [0.5, 0.6) is 0 Å². The molecule has 1 aliphatic heterocycles. The van der Waals surface area contributed by atoms with Gasteiger partial charge in [0.25, 0.3) is 0 Å². The van der Waals surface area contributed by atoms with Crippen molar-refractivity contribution < 1.29 is 13.2 Å². The molecule has 2 rings (SSSR count). The summed E-state index contributed by atoms with van der Waals surface area (Å²) >= 11 is 0. The number of hydrogen-bond acceptors (Lipinski definition) is 4. The quantitative estimate of drug-likeness (QED) is 0.568. The van der Waals surface area contributed by atoms with Gasteiger partial charge in [-0.15, -0.1) is 0 Å². The van der Waals surface area contributed by atoms with Crippen molar-refractivity contribution in [1.82, 2.24) is 15.1 Å². The molecule has 2 aliphatic rings. The maximum absolute atomic E-state index is 12.6. The highest BCUT2D eigenvalue weighted by Crippen LogP contribution is 2.46. The monoisotopic (exact) mass is 372 g/mol. The fourth-order valence-electron chi connectivity index (χ4n) is 4.02. The Morgan fingerprint density at radius 2 is 1.92 bits per heavy atom. The molecular weight excluding hydrogens is 340 g/mol. The molecule has 0 aromatic carbocycles. The van der Waals surface area contributed by atoms with Gasteiger partial charge < -0.3 is 15.1 Å². The minimum absolute atomic E-state index is 0.0893. The van der Waals surface area contributed by atoms with Crippen molar-refractivity contribution >= 4 is 21.7 Å². The summed E-state index contributed by atoms with van der Waals surface area (Å²) in [4.78, 5) is 20.8. The SMILES string of the molecule is CN=C(NCC1(CS(C)(=O)=O)CC1)N1CC(=O)N(C(C)C)C(C)(C)C1. The van der Waals surface area contributed by atoms with Crippen molar-refractivity contribution in [3.8, 4) is 0 Å². The zero-order valence-corrected chi connectivity index (χ0v) is 17.1. The lowest BCUT2D eigenvalue weighted by Crippen LogP contribution is -2.66. The number of rotatable bonds is 5. The molecule has 1 aliphatic carbocycles. The molecule has 0 unspecified atom stereocenters. The second-order valence-electron chi connectivity index (χ2n) is 8.50. The number of hydrogen-bond donors (Lipinski definition) is 1. The topological polar surface area (TPSA) is 82.1 Å². The summed E-state index contributed by atoms with van der Waals surface area (Å²) < 4.78 is 23.2. The summed E-state index contributed by atoms with van der Waals surface area (Å²) in [6.07, 6.45) is 3.11. The van der Waals surface area contributed by atoms with Crippen LogP contribution in [0.25, 0.3) is 0 Å². The minimum Gasteiger partial charge on any atom is -0.356 e. The van der Waals surface area contributed by atoms with Gasteiger partial charge >= 0.3 is 0 Å². The van der Waals surface area contributed by atoms with Crippen LogP contribution >= 0.6 is 0 Å². The number of nitrogens with one attached hydrogen (secondary N) is 1. The number of carbonyl (C=O) groups is 1. The molecular formula is C17H32N4O3S. The Hall–Kier alpha value is -1.31. The number of sulfone groups is 1. The Morgan fingerprint density at radius 1 is 1.32 bits per heavy atom. The van der Waals surface area contributed by atoms with E-state index in [1.165, 1.54) is 6.26 Å². The smallest absolute Gasteiger partial charge is 0.242 e. The number of carbonyl (C=O) groups excluding carboxylic acids is 1. The molecule has 0 spiro atoms. The van der Waals surface area contributed by atoms with Crippen LogP contribution in [0.3, 0.4) is 0 Å². The summed E-state index contributed by atoms with van der Waals surface area (Å²) in [6, 6.07) is 0.157. The fourth-order valence-corrected chi connectivity index (χ4v) is 5.52. The van der Waals surface area contributed by atoms with E-state index in [-0.39, 0.29) is 28.7 Å². The first-order chi connectivity index (χ1) is 11.4. The van der Waals surface area contributed by atoms with Crippen LogP contribution in [-0.2, 0) is 14.6 Å². The first kappa shape index (κ1) is 20.0. The van der Waals surface area contributed by atoms with E-state index in [1.54, 1.807) is 7.05 Å². The van der Waals surface area contributed by atoms with Crippen molar-refractivity contribution in [2.75, 3.05) is 38.7 Å². The molecule has 0 bridgehead atoms. The molecule has 25 heavy (non-hydrogen) atoms. The van der Waals surface area contributed by atoms with Gasteiger partial charge in [0.05, 0.1) is 17.8 Å². The molecule has 1 N–H and O–H groups in total. The van der Waals surface area contributed by atoms with Crippen molar-refractivity contribution in [1.29, 1.82) is 0 Å². The van der Waals surface area contributed by atoms with Gasteiger partial charge in [-0.1, -0.05) is 0 Å². The van der Waals surface area contributed by atoms with Crippen LogP contribution in [0.2, 0.25) is 0 Å². The van der Waals surface area contributed by atoms with E-state index in [1.807, 2.05) is 23.6 Å². The average Bonchev–Trinajstić information content (AvgIpc) is 3.14. The predicted octanol–water partition coefficient (Wildman–Crippen LogP) is 0.718. The molecule has 1 saturated carbocycles. The number of nitrogens with zero attached hydrogens (tertiary/aromatic N) is 3. The second-order valence-corrected chi connectivity index (χ2v) is 10.6. The van der Waals surface area contributed by atoms with E-state index in [2.05, 4.69) is 24.2 Å². The van der Waals surface area contributed by atoms with E-state index >= 15 is 0 Å². The average molecular weight is 373 g/mol. The Kier molecular flexibility index (Phi) is 5.42. The summed E-state index contributed by atoms with van der Waals surface area (Å²) in [5, 5.41) is 3.31. The van der Waals surface area contributed by atoms with Crippen LogP contribution in [0.15, 0.2) is 4.99 Å². The van der Waals surface area contributed by atoms with Gasteiger partial charge in [-0.25, -0.2) is 8.42 Å². The fraction of sp³-hybridized carbons (Fsp3) is 0.882. The largest absolute Gasteiger partial charge is 0.356 e. The number of aliphatic imine (C=N–C) groups is 1. The first-order valence-electron chi connectivity index (χ1n) is 8.85. The van der Waals surface area contributed by atoms with Crippen molar-refractivity contribution in [2.45, 2.75) is 52.1 Å². The van der Waals surface area contributed by atoms with Gasteiger partial charge in [0.1, 0.15) is 9.84 Å². The van der Waals surface area contributed by atoms with E-state index in [0.717, 1.165) is 12.8 Å². The van der Waals surface area contributed by atoms with E-state index in [9.17, 15) is 13.2 Å². The lowest BCUT2D eigenvalue weighted by Gasteiger charge is -2.49. The lowest BCUT2D eigenvalue weighted by molar-refractivity contribution is -0.145. The second kappa shape index (κ2) is 6.78. The zero-order valence-electron chi connectivity index (χ0n) is 16.3. The molecule has 144 valence electrons. The third-order valence-electron chi connectivity index (χ3n) is 5.00.